The summed E-state index contributed by atoms with van der Waals surface area (Å²) in [6.07, 6.45) is 0.767. The lowest BCUT2D eigenvalue weighted by Crippen LogP contribution is -2.31. The maximum atomic E-state index is 8.83. The summed E-state index contributed by atoms with van der Waals surface area (Å²) < 4.78 is 5.13. The second-order valence-electron chi connectivity index (χ2n) is 4.08. The van der Waals surface area contributed by atoms with Gasteiger partial charge in [-0.25, -0.2) is 0 Å². The van der Waals surface area contributed by atoms with Crippen LogP contribution in [0.1, 0.15) is 18.0 Å². The summed E-state index contributed by atoms with van der Waals surface area (Å²) in [6.45, 7) is 1.61. The molecule has 0 aromatic heterocycles. The van der Waals surface area contributed by atoms with Crippen LogP contribution in [0.5, 0.6) is 5.75 Å². The van der Waals surface area contributed by atoms with E-state index in [0.717, 1.165) is 18.7 Å². The fraction of sp³-hybridized carbons (Fsp3) is 0.538. The van der Waals surface area contributed by atoms with E-state index in [1.807, 2.05) is 31.3 Å². The molecular weight excluding hydrogens is 216 g/mol. The fourth-order valence-electron chi connectivity index (χ4n) is 1.87. The molecule has 0 aliphatic rings. The predicted octanol–water partition coefficient (Wildman–Crippen LogP) is 1.01. The third-order valence-electron chi connectivity index (χ3n) is 2.92. The van der Waals surface area contributed by atoms with Crippen molar-refractivity contribution in [1.82, 2.24) is 4.90 Å². The molecule has 96 valence electrons. The van der Waals surface area contributed by atoms with E-state index in [1.165, 1.54) is 5.56 Å². The van der Waals surface area contributed by atoms with E-state index in [-0.39, 0.29) is 12.6 Å². The summed E-state index contributed by atoms with van der Waals surface area (Å²) in [5, 5.41) is 8.83. The van der Waals surface area contributed by atoms with Crippen molar-refractivity contribution >= 4 is 0 Å². The normalized spacial score (nSPS) is 12.8. The van der Waals surface area contributed by atoms with Crippen molar-refractivity contribution in [2.24, 2.45) is 5.73 Å². The van der Waals surface area contributed by atoms with Crippen LogP contribution < -0.4 is 10.5 Å². The Morgan fingerprint density at radius 2 is 2.00 bits per heavy atom. The van der Waals surface area contributed by atoms with Gasteiger partial charge in [0.2, 0.25) is 0 Å². The van der Waals surface area contributed by atoms with Gasteiger partial charge in [-0.1, -0.05) is 12.1 Å². The Hall–Kier alpha value is -1.10. The molecule has 0 radical (unpaired) electrons. The van der Waals surface area contributed by atoms with Crippen LogP contribution in [0.15, 0.2) is 24.3 Å². The van der Waals surface area contributed by atoms with E-state index in [2.05, 4.69) is 4.90 Å². The third-order valence-corrected chi connectivity index (χ3v) is 2.92. The number of benzene rings is 1. The van der Waals surface area contributed by atoms with Crippen molar-refractivity contribution < 1.29 is 9.84 Å². The first-order valence-electron chi connectivity index (χ1n) is 5.88. The van der Waals surface area contributed by atoms with Gasteiger partial charge in [0, 0.05) is 25.7 Å². The molecule has 0 spiro atoms. The smallest absolute Gasteiger partial charge is 0.118 e. The lowest BCUT2D eigenvalue weighted by molar-refractivity contribution is 0.210. The van der Waals surface area contributed by atoms with Gasteiger partial charge < -0.3 is 15.6 Å². The molecule has 1 rings (SSSR count). The zero-order valence-corrected chi connectivity index (χ0v) is 10.6. The molecule has 1 atom stereocenters. The molecule has 0 bridgehead atoms. The minimum absolute atomic E-state index is 0.187. The number of nitrogens with two attached hydrogens (primary N) is 1. The van der Waals surface area contributed by atoms with E-state index in [4.69, 9.17) is 15.6 Å². The van der Waals surface area contributed by atoms with E-state index in [1.54, 1.807) is 7.11 Å². The highest BCUT2D eigenvalue weighted by molar-refractivity contribution is 5.29. The van der Waals surface area contributed by atoms with Crippen LogP contribution in [-0.4, -0.2) is 43.9 Å². The van der Waals surface area contributed by atoms with Crippen molar-refractivity contribution in [3.8, 4) is 5.75 Å². The Morgan fingerprint density at radius 3 is 2.47 bits per heavy atom. The van der Waals surface area contributed by atoms with Gasteiger partial charge in [0.05, 0.1) is 7.11 Å². The van der Waals surface area contributed by atoms with Gasteiger partial charge in [-0.3, -0.25) is 4.90 Å². The van der Waals surface area contributed by atoms with Gasteiger partial charge in [-0.05, 0) is 31.2 Å². The number of aliphatic hydroxyl groups excluding tert-OH is 1. The van der Waals surface area contributed by atoms with Crippen molar-refractivity contribution in [3.63, 3.8) is 0 Å². The molecule has 0 aliphatic heterocycles. The minimum atomic E-state index is 0.187. The highest BCUT2D eigenvalue weighted by Crippen LogP contribution is 2.21. The first-order chi connectivity index (χ1) is 8.22. The van der Waals surface area contributed by atoms with Crippen molar-refractivity contribution in [1.29, 1.82) is 0 Å². The van der Waals surface area contributed by atoms with Crippen LogP contribution in [0.4, 0.5) is 0 Å². The Kier molecular flexibility index (Phi) is 5.97. The van der Waals surface area contributed by atoms with E-state index < -0.39 is 0 Å². The molecule has 17 heavy (non-hydrogen) atoms. The second kappa shape index (κ2) is 7.27. The maximum absolute atomic E-state index is 8.83. The van der Waals surface area contributed by atoms with Gasteiger partial charge in [0.15, 0.2) is 0 Å². The average molecular weight is 238 g/mol. The molecular formula is C13H22N2O2. The number of aliphatic hydroxyl groups is 1. The third kappa shape index (κ3) is 4.00. The molecule has 0 heterocycles. The van der Waals surface area contributed by atoms with Crippen molar-refractivity contribution in [3.05, 3.63) is 29.8 Å². The topological polar surface area (TPSA) is 58.7 Å². The predicted molar refractivity (Wildman–Crippen MR) is 69.1 cm³/mol. The SMILES string of the molecule is COc1ccc(C(CN)N(C)CCCO)cc1. The largest absolute Gasteiger partial charge is 0.497 e. The van der Waals surface area contributed by atoms with Gasteiger partial charge in [-0.2, -0.15) is 0 Å². The molecule has 0 saturated heterocycles. The molecule has 1 aromatic carbocycles. The fourth-order valence-corrected chi connectivity index (χ4v) is 1.87. The van der Waals surface area contributed by atoms with Crippen molar-refractivity contribution in [2.75, 3.05) is 33.9 Å². The number of likely N-dealkylation sites (N-methyl/N-ethyl adjacent to an activating group) is 1. The van der Waals surface area contributed by atoms with E-state index in [0.29, 0.717) is 6.54 Å². The maximum Gasteiger partial charge on any atom is 0.118 e. The Morgan fingerprint density at radius 1 is 1.35 bits per heavy atom. The van der Waals surface area contributed by atoms with Gasteiger partial charge >= 0.3 is 0 Å². The molecule has 4 nitrogen and oxygen atoms in total. The van der Waals surface area contributed by atoms with Crippen LogP contribution in [0.2, 0.25) is 0 Å². The average Bonchev–Trinajstić information content (AvgIpc) is 2.38. The monoisotopic (exact) mass is 238 g/mol. The van der Waals surface area contributed by atoms with E-state index in [9.17, 15) is 0 Å². The lowest BCUT2D eigenvalue weighted by atomic mass is 10.1. The van der Waals surface area contributed by atoms with Crippen LogP contribution in [-0.2, 0) is 0 Å². The number of rotatable bonds is 7. The second-order valence-corrected chi connectivity index (χ2v) is 4.08. The standard InChI is InChI=1S/C13H22N2O2/c1-15(8-3-9-16)13(10-14)11-4-6-12(17-2)7-5-11/h4-7,13,16H,3,8-10,14H2,1-2H3. The summed E-state index contributed by atoms with van der Waals surface area (Å²) in [4.78, 5) is 2.16. The Balaban J connectivity index is 2.70. The quantitative estimate of drug-likeness (QED) is 0.744. The molecule has 1 aromatic rings. The first-order valence-corrected chi connectivity index (χ1v) is 5.88. The minimum Gasteiger partial charge on any atom is -0.497 e. The van der Waals surface area contributed by atoms with Gasteiger partial charge in [0.25, 0.3) is 0 Å². The summed E-state index contributed by atoms with van der Waals surface area (Å²) in [5.74, 6) is 0.850. The number of nitrogens with zero attached hydrogens (tertiary/aromatic N) is 1. The lowest BCUT2D eigenvalue weighted by Gasteiger charge is -2.27. The van der Waals surface area contributed by atoms with Crippen LogP contribution >= 0.6 is 0 Å². The molecule has 3 N–H and O–H groups in total. The Bertz CT molecular complexity index is 314. The molecule has 0 fully saturated rings. The molecule has 0 saturated carbocycles. The number of ether oxygens (including phenoxy) is 1. The van der Waals surface area contributed by atoms with Crippen LogP contribution in [0.3, 0.4) is 0 Å². The van der Waals surface area contributed by atoms with Crippen molar-refractivity contribution in [2.45, 2.75) is 12.5 Å². The highest BCUT2D eigenvalue weighted by atomic mass is 16.5. The number of hydrogen-bond acceptors (Lipinski definition) is 4. The molecule has 4 heteroatoms. The Labute approximate surface area is 103 Å². The zero-order valence-electron chi connectivity index (χ0n) is 10.6. The van der Waals surface area contributed by atoms with Crippen LogP contribution in [0.25, 0.3) is 0 Å². The number of methoxy groups -OCH3 is 1. The van der Waals surface area contributed by atoms with Gasteiger partial charge in [-0.15, -0.1) is 0 Å². The van der Waals surface area contributed by atoms with E-state index >= 15 is 0 Å². The first kappa shape index (κ1) is 14.0. The summed E-state index contributed by atoms with van der Waals surface area (Å²) >= 11 is 0. The summed E-state index contributed by atoms with van der Waals surface area (Å²) in [7, 11) is 3.68. The molecule has 1 unspecified atom stereocenters. The van der Waals surface area contributed by atoms with Gasteiger partial charge in [0.1, 0.15) is 5.75 Å². The highest BCUT2D eigenvalue weighted by Gasteiger charge is 2.14. The zero-order chi connectivity index (χ0) is 12.7. The summed E-state index contributed by atoms with van der Waals surface area (Å²) in [6, 6.07) is 8.14. The molecule has 0 aliphatic carbocycles. The summed E-state index contributed by atoms with van der Waals surface area (Å²) in [5.41, 5.74) is 6.99. The molecule has 0 amide bonds. The van der Waals surface area contributed by atoms with Crippen LogP contribution in [0, 0.1) is 0 Å². The number of hydrogen-bond donors (Lipinski definition) is 2.